The average molecular weight is 971 g/mol. The van der Waals surface area contributed by atoms with Crippen LogP contribution in [0.2, 0.25) is 0 Å². The summed E-state index contributed by atoms with van der Waals surface area (Å²) in [7, 11) is 0. The van der Waals surface area contributed by atoms with Crippen molar-refractivity contribution in [1.82, 2.24) is 0 Å². The molecule has 30 atom stereocenters. The highest BCUT2D eigenvalue weighted by Gasteiger charge is 2.58. The minimum atomic E-state index is -2.13. The van der Waals surface area contributed by atoms with Crippen molar-refractivity contribution >= 4 is 0 Å². The Bertz CT molecular complexity index is 1230. The van der Waals surface area contributed by atoms with Crippen LogP contribution in [-0.2, 0) is 56.8 Å². The Morgan fingerprint density at radius 3 is 0.591 bits per heavy atom. The first-order chi connectivity index (χ1) is 31.4. The molecule has 29 nitrogen and oxygen atoms in total. The lowest BCUT2D eigenvalue weighted by molar-refractivity contribution is -0.402. The maximum absolute atomic E-state index is 11.5. The van der Waals surface area contributed by atoms with Crippen LogP contribution < -0.4 is 0 Å². The minimum Gasteiger partial charge on any atom is -0.394 e. The van der Waals surface area contributed by atoms with E-state index in [-0.39, 0.29) is 0 Å². The summed E-state index contributed by atoms with van der Waals surface area (Å²) >= 11 is 0. The van der Waals surface area contributed by atoms with Crippen LogP contribution in [0.3, 0.4) is 0 Å². The fraction of sp³-hybridized carbons (Fsp3) is 1.00. The largest absolute Gasteiger partial charge is 0.394 e. The van der Waals surface area contributed by atoms with Crippen molar-refractivity contribution in [2.45, 2.75) is 185 Å². The molecule has 384 valence electrons. The van der Waals surface area contributed by atoms with Gasteiger partial charge in [-0.3, -0.25) is 0 Å². The SMILES string of the molecule is C[C@H]1[C@H]2O[C@H]3[C@H](O)[C@@H](O)[C@@H](O[C@H]4[C@H](O)[C@@H](O)[C@@H](O[C@H]5[C@H](O)[C@@H](O)[C@@H](O[C@H]6[C@H](O)[C@@H](O)[C@@H](O[C@H]7[C@H](O)[C@@H](O)[C@@H](O[C@@H]([C@@H]1O)[C@@H](CO)O2)O[C@@H]7CO)O[C@@H]6CO)O[C@@H]5CO)O[C@@H]4CO)O[C@@H]3CO. The molecule has 66 heavy (non-hydrogen) atoms. The van der Waals surface area contributed by atoms with E-state index in [9.17, 15) is 86.8 Å². The monoisotopic (exact) mass is 970 g/mol. The Hall–Kier alpha value is -1.16. The van der Waals surface area contributed by atoms with E-state index in [1.807, 2.05) is 0 Å². The van der Waals surface area contributed by atoms with Crippen molar-refractivity contribution in [3.63, 3.8) is 0 Å². The Balaban J connectivity index is 1.19. The first-order valence-electron chi connectivity index (χ1n) is 21.4. The van der Waals surface area contributed by atoms with Crippen LogP contribution in [0, 0.1) is 5.92 Å². The molecule has 17 N–H and O–H groups in total. The molecule has 0 amide bonds. The fourth-order valence-corrected chi connectivity index (χ4v) is 9.12. The number of aliphatic hydroxyl groups excluding tert-OH is 17. The van der Waals surface area contributed by atoms with Gasteiger partial charge in [0.1, 0.15) is 134 Å². The maximum atomic E-state index is 11.5. The van der Waals surface area contributed by atoms with Crippen molar-refractivity contribution in [2.75, 3.05) is 39.6 Å². The molecule has 16 rings (SSSR count). The molecule has 0 radical (unpaired) electrons. The van der Waals surface area contributed by atoms with Crippen LogP contribution >= 0.6 is 0 Å². The molecule has 0 aliphatic carbocycles. The molecule has 0 spiro atoms. The molecule has 29 heteroatoms. The lowest BCUT2D eigenvalue weighted by Gasteiger charge is -2.51. The summed E-state index contributed by atoms with van der Waals surface area (Å²) in [6.07, 6.45) is -53.8. The van der Waals surface area contributed by atoms with Crippen LogP contribution in [0.25, 0.3) is 0 Å². The standard InChI is InChI=1S/C37H62O29/c1-8-15(44)26-9(2-38)55-32(8)61-27-10(3-39)56-34(21(50)16(27)45)63-29-12(5-41)58-36(23(52)18(29)47)65-31-14(7-43)60-37(25(54)20(31)49)66-30-13(6-42)59-35(24(53)19(30)48)64-28-11(4-40)57-33(62-26)22(51)17(28)46/h8-54H,2-7H2,1H3/t8-,9-,10-,11-,12-,13-,14-,15-,16-,17-,18-,19-,20-,21-,22-,23-,24-,25-,26-,27-,28-,29-,30-,31-,32-,33-,34-,35-,36-,37-/m1/s1. The van der Waals surface area contributed by atoms with Gasteiger partial charge in [-0.1, -0.05) is 6.92 Å². The summed E-state index contributed by atoms with van der Waals surface area (Å²) < 4.78 is 68.9. The van der Waals surface area contributed by atoms with Crippen molar-refractivity contribution in [1.29, 1.82) is 0 Å². The van der Waals surface area contributed by atoms with E-state index < -0.39 is 224 Å². The topological polar surface area (TPSA) is 455 Å². The molecular formula is C37H62O29. The smallest absolute Gasteiger partial charge is 0.187 e. The second-order valence-electron chi connectivity index (χ2n) is 17.2. The highest BCUT2D eigenvalue weighted by atomic mass is 16.8. The molecule has 16 fully saturated rings. The third-order valence-electron chi connectivity index (χ3n) is 13.0. The third kappa shape index (κ3) is 10.0. The summed E-state index contributed by atoms with van der Waals surface area (Å²) in [6.45, 7) is -4.31. The van der Waals surface area contributed by atoms with Gasteiger partial charge in [0.25, 0.3) is 0 Å². The number of hydrogen-bond acceptors (Lipinski definition) is 29. The molecular weight excluding hydrogens is 908 g/mol. The van der Waals surface area contributed by atoms with Crippen LogP contribution in [0.1, 0.15) is 6.92 Å². The van der Waals surface area contributed by atoms with Gasteiger partial charge in [-0.15, -0.1) is 0 Å². The van der Waals surface area contributed by atoms with Crippen LogP contribution in [0.5, 0.6) is 0 Å². The first-order valence-corrected chi connectivity index (χ1v) is 21.4. The van der Waals surface area contributed by atoms with Crippen molar-refractivity contribution in [3.05, 3.63) is 0 Å². The predicted octanol–water partition coefficient (Wildman–Crippen LogP) is -11.8. The second-order valence-corrected chi connectivity index (χ2v) is 17.2. The van der Waals surface area contributed by atoms with Gasteiger partial charge in [-0.25, -0.2) is 0 Å². The van der Waals surface area contributed by atoms with E-state index in [4.69, 9.17) is 56.8 Å². The zero-order valence-corrected chi connectivity index (χ0v) is 35.1. The molecule has 12 bridgehead atoms. The van der Waals surface area contributed by atoms with E-state index in [1.165, 1.54) is 6.92 Å². The van der Waals surface area contributed by atoms with Gasteiger partial charge in [-0.2, -0.15) is 0 Å². The Morgan fingerprint density at radius 2 is 0.394 bits per heavy atom. The molecule has 16 heterocycles. The van der Waals surface area contributed by atoms with E-state index in [0.717, 1.165) is 0 Å². The minimum absolute atomic E-state index is 0.888. The van der Waals surface area contributed by atoms with Crippen LogP contribution in [0.15, 0.2) is 0 Å². The van der Waals surface area contributed by atoms with Gasteiger partial charge in [0.2, 0.25) is 0 Å². The lowest BCUT2D eigenvalue weighted by atomic mass is 9.91. The van der Waals surface area contributed by atoms with Crippen LogP contribution in [0.4, 0.5) is 0 Å². The zero-order valence-electron chi connectivity index (χ0n) is 35.1. The Labute approximate surface area is 374 Å². The van der Waals surface area contributed by atoms with E-state index in [0.29, 0.717) is 0 Å². The van der Waals surface area contributed by atoms with Gasteiger partial charge in [0, 0.05) is 5.92 Å². The van der Waals surface area contributed by atoms with Crippen LogP contribution in [-0.4, -0.2) is 305 Å². The van der Waals surface area contributed by atoms with Crippen molar-refractivity contribution in [3.8, 4) is 0 Å². The third-order valence-corrected chi connectivity index (χ3v) is 13.0. The molecule has 16 saturated heterocycles. The molecule has 0 aromatic heterocycles. The molecule has 0 aromatic rings. The number of rotatable bonds is 6. The van der Waals surface area contributed by atoms with E-state index in [2.05, 4.69) is 0 Å². The number of aliphatic hydroxyl groups is 17. The molecule has 16 aliphatic heterocycles. The van der Waals surface area contributed by atoms with Gasteiger partial charge in [0.05, 0.1) is 45.7 Å². The number of hydrogen-bond donors (Lipinski definition) is 17. The Kier molecular flexibility index (Phi) is 17.6. The van der Waals surface area contributed by atoms with Gasteiger partial charge >= 0.3 is 0 Å². The molecule has 0 aromatic carbocycles. The molecule has 0 unspecified atom stereocenters. The highest BCUT2D eigenvalue weighted by Crippen LogP contribution is 2.39. The maximum Gasteiger partial charge on any atom is 0.187 e. The molecule has 0 saturated carbocycles. The quantitative estimate of drug-likeness (QED) is 0.117. The summed E-state index contributed by atoms with van der Waals surface area (Å²) in [5, 5.41) is 185. The summed E-state index contributed by atoms with van der Waals surface area (Å²) in [5.41, 5.74) is 0. The van der Waals surface area contributed by atoms with Gasteiger partial charge in [-0.05, 0) is 0 Å². The van der Waals surface area contributed by atoms with E-state index in [1.54, 1.807) is 0 Å². The molecule has 16 aliphatic rings. The van der Waals surface area contributed by atoms with Gasteiger partial charge < -0.3 is 144 Å². The number of ether oxygens (including phenoxy) is 12. The van der Waals surface area contributed by atoms with Gasteiger partial charge in [0.15, 0.2) is 37.7 Å². The lowest BCUT2D eigenvalue weighted by Crippen LogP contribution is -2.68. The normalized spacial score (nSPS) is 55.4. The van der Waals surface area contributed by atoms with Crippen molar-refractivity contribution < 1.29 is 144 Å². The zero-order chi connectivity index (χ0) is 48.0. The summed E-state index contributed by atoms with van der Waals surface area (Å²) in [6, 6.07) is 0. The first kappa shape index (κ1) is 52.7. The fourth-order valence-electron chi connectivity index (χ4n) is 9.12. The summed E-state index contributed by atoms with van der Waals surface area (Å²) in [4.78, 5) is 0. The highest BCUT2D eigenvalue weighted by molar-refractivity contribution is 5.00. The second kappa shape index (κ2) is 22.1. The Morgan fingerprint density at radius 1 is 0.227 bits per heavy atom. The van der Waals surface area contributed by atoms with Crippen molar-refractivity contribution in [2.24, 2.45) is 5.92 Å². The predicted molar refractivity (Wildman–Crippen MR) is 199 cm³/mol. The average Bonchev–Trinajstić information content (AvgIpc) is 3.31. The van der Waals surface area contributed by atoms with E-state index >= 15 is 0 Å². The summed E-state index contributed by atoms with van der Waals surface area (Å²) in [5.74, 6) is -1.15.